The number of nitrogens with zero attached hydrogens (tertiary/aromatic N) is 1. The molecule has 18 heavy (non-hydrogen) atoms. The lowest BCUT2D eigenvalue weighted by atomic mass is 10.2. The summed E-state index contributed by atoms with van der Waals surface area (Å²) < 4.78 is 42.6. The first-order valence-corrected chi connectivity index (χ1v) is 5.65. The molecule has 1 atom stereocenters. The second-order valence-corrected chi connectivity index (χ2v) is 4.18. The first-order valence-electron chi connectivity index (χ1n) is 5.65. The van der Waals surface area contributed by atoms with E-state index in [0.717, 1.165) is 31.7 Å². The van der Waals surface area contributed by atoms with E-state index in [1.165, 1.54) is 0 Å². The van der Waals surface area contributed by atoms with Gasteiger partial charge in [-0.15, -0.1) is 0 Å². The number of nitrogen functional groups attached to an aromatic ring is 1. The molecule has 1 aliphatic heterocycles. The predicted molar refractivity (Wildman–Crippen MR) is 61.1 cm³/mol. The maximum absolute atomic E-state index is 12.4. The highest BCUT2D eigenvalue weighted by Gasteiger charge is 2.31. The molecule has 1 fully saturated rings. The van der Waals surface area contributed by atoms with Crippen LogP contribution in [0.4, 0.5) is 24.7 Å². The first kappa shape index (κ1) is 12.9. The first-order chi connectivity index (χ1) is 8.47. The van der Waals surface area contributed by atoms with E-state index in [4.69, 9.17) is 10.5 Å². The van der Waals surface area contributed by atoms with Gasteiger partial charge in [0.15, 0.2) is 0 Å². The Labute approximate surface area is 102 Å². The number of nitrogens with two attached hydrogens (primary N) is 1. The Balaban J connectivity index is 2.01. The van der Waals surface area contributed by atoms with E-state index in [9.17, 15) is 13.2 Å². The second kappa shape index (κ2) is 5.01. The minimum Gasteiger partial charge on any atom is -0.396 e. The Hall–Kier alpha value is -1.50. The molecule has 0 aromatic carbocycles. The van der Waals surface area contributed by atoms with Crippen LogP contribution in [-0.4, -0.2) is 24.2 Å². The number of ether oxygens (including phenoxy) is 1. The minimum atomic E-state index is -4.42. The maximum atomic E-state index is 12.4. The third-order valence-corrected chi connectivity index (χ3v) is 2.77. The molecule has 0 amide bonds. The highest BCUT2D eigenvalue weighted by molar-refractivity contribution is 5.62. The fraction of sp³-hybridized carbons (Fsp3) is 0.545. The summed E-state index contributed by atoms with van der Waals surface area (Å²) in [5.74, 6) is 0.262. The number of hydrogen-bond acceptors (Lipinski definition) is 4. The van der Waals surface area contributed by atoms with Crippen LogP contribution in [0.2, 0.25) is 0 Å². The predicted octanol–water partition coefficient (Wildman–Crippen LogP) is 2.27. The highest BCUT2D eigenvalue weighted by atomic mass is 19.4. The van der Waals surface area contributed by atoms with Crippen LogP contribution in [0.25, 0.3) is 0 Å². The van der Waals surface area contributed by atoms with Crippen LogP contribution in [0, 0.1) is 0 Å². The number of halogens is 3. The number of nitrogens with one attached hydrogen (secondary N) is 1. The summed E-state index contributed by atoms with van der Waals surface area (Å²) in [5.41, 5.74) is 4.68. The summed E-state index contributed by atoms with van der Waals surface area (Å²) in [5, 5.41) is 2.91. The minimum absolute atomic E-state index is 0.0113. The molecule has 7 heteroatoms. The molecular formula is C11H14F3N3O. The maximum Gasteiger partial charge on any atom is 0.417 e. The van der Waals surface area contributed by atoms with Crippen molar-refractivity contribution in [1.82, 2.24) is 4.98 Å². The second-order valence-electron chi connectivity index (χ2n) is 4.18. The average molecular weight is 261 g/mol. The summed E-state index contributed by atoms with van der Waals surface area (Å²) in [6, 6.07) is 0.880. The Morgan fingerprint density at radius 1 is 1.50 bits per heavy atom. The fourth-order valence-corrected chi connectivity index (χ4v) is 1.80. The van der Waals surface area contributed by atoms with E-state index < -0.39 is 11.7 Å². The molecule has 3 N–H and O–H groups in total. The van der Waals surface area contributed by atoms with Crippen molar-refractivity contribution in [2.75, 3.05) is 24.2 Å². The van der Waals surface area contributed by atoms with E-state index in [1.807, 2.05) is 0 Å². The Kier molecular flexibility index (Phi) is 3.60. The number of alkyl halides is 3. The molecule has 2 rings (SSSR count). The molecule has 1 aromatic rings. The van der Waals surface area contributed by atoms with Crippen molar-refractivity contribution >= 4 is 11.5 Å². The number of hydrogen-bond donors (Lipinski definition) is 2. The van der Waals surface area contributed by atoms with Crippen LogP contribution in [0.3, 0.4) is 0 Å². The smallest absolute Gasteiger partial charge is 0.396 e. The van der Waals surface area contributed by atoms with Gasteiger partial charge in [-0.05, 0) is 18.9 Å². The van der Waals surface area contributed by atoms with Crippen LogP contribution >= 0.6 is 0 Å². The third kappa shape index (κ3) is 3.04. The Morgan fingerprint density at radius 3 is 2.83 bits per heavy atom. The van der Waals surface area contributed by atoms with Crippen molar-refractivity contribution in [2.24, 2.45) is 0 Å². The number of rotatable bonds is 3. The van der Waals surface area contributed by atoms with Crippen LogP contribution in [-0.2, 0) is 10.9 Å². The molecule has 4 nitrogen and oxygen atoms in total. The zero-order valence-corrected chi connectivity index (χ0v) is 9.63. The molecule has 100 valence electrons. The molecule has 0 saturated carbocycles. The third-order valence-electron chi connectivity index (χ3n) is 2.77. The molecule has 0 unspecified atom stereocenters. The van der Waals surface area contributed by atoms with Gasteiger partial charge in [-0.3, -0.25) is 0 Å². The molecule has 0 aliphatic carbocycles. The summed E-state index contributed by atoms with van der Waals surface area (Å²) in [6.45, 7) is 1.23. The van der Waals surface area contributed by atoms with Gasteiger partial charge in [-0.2, -0.15) is 13.2 Å². The zero-order chi connectivity index (χ0) is 13.2. The van der Waals surface area contributed by atoms with Crippen LogP contribution in [0.15, 0.2) is 12.3 Å². The Morgan fingerprint density at radius 2 is 2.28 bits per heavy atom. The molecular weight excluding hydrogens is 247 g/mol. The topological polar surface area (TPSA) is 60.2 Å². The molecule has 0 bridgehead atoms. The average Bonchev–Trinajstić information content (AvgIpc) is 2.79. The molecule has 1 aliphatic rings. The van der Waals surface area contributed by atoms with Gasteiger partial charge in [-0.1, -0.05) is 0 Å². The van der Waals surface area contributed by atoms with Crippen molar-refractivity contribution < 1.29 is 17.9 Å². The van der Waals surface area contributed by atoms with Crippen molar-refractivity contribution in [3.8, 4) is 0 Å². The zero-order valence-electron chi connectivity index (χ0n) is 9.63. The SMILES string of the molecule is Nc1cc(C(F)(F)F)cnc1NC[C@@H]1CCCO1. The van der Waals surface area contributed by atoms with Crippen molar-refractivity contribution in [3.05, 3.63) is 17.8 Å². The monoisotopic (exact) mass is 261 g/mol. The van der Waals surface area contributed by atoms with Crippen molar-refractivity contribution in [3.63, 3.8) is 0 Å². The molecule has 2 heterocycles. The van der Waals surface area contributed by atoms with Gasteiger partial charge in [-0.25, -0.2) is 4.98 Å². The van der Waals surface area contributed by atoms with Crippen molar-refractivity contribution in [1.29, 1.82) is 0 Å². The van der Waals surface area contributed by atoms with E-state index in [0.29, 0.717) is 6.54 Å². The van der Waals surface area contributed by atoms with E-state index in [2.05, 4.69) is 10.3 Å². The van der Waals surface area contributed by atoms with Crippen LogP contribution in [0.5, 0.6) is 0 Å². The van der Waals surface area contributed by atoms with Crippen LogP contribution in [0.1, 0.15) is 18.4 Å². The quantitative estimate of drug-likeness (QED) is 0.876. The molecule has 1 saturated heterocycles. The summed E-state index contributed by atoms with van der Waals surface area (Å²) >= 11 is 0. The van der Waals surface area contributed by atoms with E-state index in [-0.39, 0.29) is 17.6 Å². The molecule has 0 radical (unpaired) electrons. The van der Waals surface area contributed by atoms with E-state index in [1.54, 1.807) is 0 Å². The standard InChI is InChI=1S/C11H14F3N3O/c12-11(13,14)7-4-9(15)10(16-5-7)17-6-8-2-1-3-18-8/h4-5,8H,1-3,6,15H2,(H,16,17)/t8-/m0/s1. The lowest BCUT2D eigenvalue weighted by Crippen LogP contribution is -2.20. The summed E-state index contributed by atoms with van der Waals surface area (Å²) in [7, 11) is 0. The van der Waals surface area contributed by atoms with Gasteiger partial charge in [0.1, 0.15) is 5.82 Å². The van der Waals surface area contributed by atoms with Gasteiger partial charge in [0.2, 0.25) is 0 Å². The van der Waals surface area contributed by atoms with Gasteiger partial charge in [0, 0.05) is 19.3 Å². The largest absolute Gasteiger partial charge is 0.417 e. The van der Waals surface area contributed by atoms with Gasteiger partial charge in [0.25, 0.3) is 0 Å². The number of aromatic nitrogens is 1. The summed E-state index contributed by atoms with van der Waals surface area (Å²) in [6.07, 6.45) is -1.63. The van der Waals surface area contributed by atoms with Crippen molar-refractivity contribution in [2.45, 2.75) is 25.1 Å². The fourth-order valence-electron chi connectivity index (χ4n) is 1.80. The lowest BCUT2D eigenvalue weighted by Gasteiger charge is -2.14. The highest BCUT2D eigenvalue weighted by Crippen LogP contribution is 2.31. The molecule has 0 spiro atoms. The molecule has 1 aromatic heterocycles. The van der Waals surface area contributed by atoms with Crippen LogP contribution < -0.4 is 11.1 Å². The Bertz CT molecular complexity index is 416. The van der Waals surface area contributed by atoms with Gasteiger partial charge in [0.05, 0.1) is 17.4 Å². The van der Waals surface area contributed by atoms with Gasteiger partial charge < -0.3 is 15.8 Å². The number of anilines is 2. The van der Waals surface area contributed by atoms with E-state index >= 15 is 0 Å². The van der Waals surface area contributed by atoms with Gasteiger partial charge >= 0.3 is 6.18 Å². The summed E-state index contributed by atoms with van der Waals surface area (Å²) in [4.78, 5) is 3.69. The lowest BCUT2D eigenvalue weighted by molar-refractivity contribution is -0.137. The normalized spacial score (nSPS) is 20.1. The number of pyridine rings is 1.